The Bertz CT molecular complexity index is 1070. The summed E-state index contributed by atoms with van der Waals surface area (Å²) in [5.41, 5.74) is 1.85. The van der Waals surface area contributed by atoms with Crippen molar-refractivity contribution in [3.8, 4) is 11.5 Å². The molecule has 166 valence electrons. The number of amides is 2. The Morgan fingerprint density at radius 2 is 1.81 bits per heavy atom. The number of para-hydroxylation sites is 1. The lowest BCUT2D eigenvalue weighted by atomic mass is 9.87. The van der Waals surface area contributed by atoms with Gasteiger partial charge in [0, 0.05) is 31.1 Å². The molecule has 2 heterocycles. The van der Waals surface area contributed by atoms with Gasteiger partial charge in [0.15, 0.2) is 17.3 Å². The molecule has 3 aromatic rings. The number of rotatable bonds is 7. The first-order valence-corrected chi connectivity index (χ1v) is 10.5. The van der Waals surface area contributed by atoms with Crippen LogP contribution in [0.2, 0.25) is 0 Å². The first-order valence-electron chi connectivity index (χ1n) is 10.5. The van der Waals surface area contributed by atoms with Crippen LogP contribution >= 0.6 is 0 Å². The Hall–Kier alpha value is -3.74. The molecule has 0 saturated carbocycles. The van der Waals surface area contributed by atoms with Crippen molar-refractivity contribution in [2.45, 2.75) is 12.5 Å². The molecule has 0 aliphatic carbocycles. The van der Waals surface area contributed by atoms with Gasteiger partial charge in [-0.15, -0.1) is 0 Å². The second kappa shape index (κ2) is 9.60. The molecular weight excluding hydrogens is 408 g/mol. The number of ether oxygens (including phenoxy) is 2. The number of furan rings is 1. The highest BCUT2D eigenvalue weighted by atomic mass is 16.5. The van der Waals surface area contributed by atoms with Gasteiger partial charge in [-0.25, -0.2) is 0 Å². The zero-order valence-electron chi connectivity index (χ0n) is 18.1. The van der Waals surface area contributed by atoms with Crippen LogP contribution in [0.15, 0.2) is 71.3 Å². The molecule has 0 radical (unpaired) electrons. The number of hydrogen-bond donors (Lipinski definition) is 1. The van der Waals surface area contributed by atoms with E-state index in [4.69, 9.17) is 13.9 Å². The van der Waals surface area contributed by atoms with E-state index in [0.29, 0.717) is 24.6 Å². The Balaban J connectivity index is 1.62. The molecule has 2 atom stereocenters. The molecular formula is C25H26N2O5. The fourth-order valence-electron chi connectivity index (χ4n) is 4.23. The molecule has 0 unspecified atom stereocenters. The normalized spacial score (nSPS) is 17.8. The van der Waals surface area contributed by atoms with Crippen molar-refractivity contribution >= 4 is 11.8 Å². The van der Waals surface area contributed by atoms with Crippen molar-refractivity contribution < 1.29 is 23.5 Å². The van der Waals surface area contributed by atoms with Gasteiger partial charge >= 0.3 is 0 Å². The summed E-state index contributed by atoms with van der Waals surface area (Å²) in [6.45, 7) is 1.07. The Morgan fingerprint density at radius 1 is 1.00 bits per heavy atom. The number of nitrogens with one attached hydrogen (secondary N) is 1. The number of benzene rings is 2. The fourth-order valence-corrected chi connectivity index (χ4v) is 4.23. The zero-order valence-corrected chi connectivity index (χ0v) is 18.1. The molecule has 32 heavy (non-hydrogen) atoms. The number of methoxy groups -OCH3 is 2. The van der Waals surface area contributed by atoms with E-state index in [9.17, 15) is 9.59 Å². The highest BCUT2D eigenvalue weighted by Gasteiger charge is 2.42. The average molecular weight is 434 g/mol. The Kier molecular flexibility index (Phi) is 6.44. The average Bonchev–Trinajstić information content (AvgIpc) is 3.53. The predicted octanol–water partition coefficient (Wildman–Crippen LogP) is 3.47. The first kappa shape index (κ1) is 21.5. The van der Waals surface area contributed by atoms with Crippen LogP contribution in [0.25, 0.3) is 0 Å². The second-order valence-electron chi connectivity index (χ2n) is 7.69. The van der Waals surface area contributed by atoms with Crippen molar-refractivity contribution in [1.29, 1.82) is 0 Å². The van der Waals surface area contributed by atoms with Crippen molar-refractivity contribution in [2.75, 3.05) is 27.3 Å². The molecule has 1 N–H and O–H groups in total. The summed E-state index contributed by atoms with van der Waals surface area (Å²) in [4.78, 5) is 27.9. The van der Waals surface area contributed by atoms with E-state index in [0.717, 1.165) is 11.1 Å². The molecule has 2 aromatic carbocycles. The molecule has 0 spiro atoms. The lowest BCUT2D eigenvalue weighted by Crippen LogP contribution is -2.35. The monoisotopic (exact) mass is 434 g/mol. The highest BCUT2D eigenvalue weighted by molar-refractivity contribution is 5.93. The maximum Gasteiger partial charge on any atom is 0.289 e. The molecule has 7 heteroatoms. The van der Waals surface area contributed by atoms with E-state index in [-0.39, 0.29) is 30.0 Å². The third-order valence-corrected chi connectivity index (χ3v) is 5.82. The molecule has 1 aliphatic rings. The fraction of sp³-hybridized carbons (Fsp3) is 0.280. The maximum atomic E-state index is 13.3. The summed E-state index contributed by atoms with van der Waals surface area (Å²) >= 11 is 0. The van der Waals surface area contributed by atoms with Gasteiger partial charge in [0.05, 0.1) is 26.4 Å². The number of carbonyl (C=O) groups excluding carboxylic acids is 2. The van der Waals surface area contributed by atoms with Crippen LogP contribution in [0.3, 0.4) is 0 Å². The minimum Gasteiger partial charge on any atom is -0.493 e. The van der Waals surface area contributed by atoms with Crippen LogP contribution < -0.4 is 14.8 Å². The van der Waals surface area contributed by atoms with Gasteiger partial charge in [-0.05, 0) is 23.8 Å². The van der Waals surface area contributed by atoms with Crippen LogP contribution in [0.5, 0.6) is 11.5 Å². The third kappa shape index (κ3) is 4.32. The van der Waals surface area contributed by atoms with Crippen molar-refractivity contribution in [3.05, 3.63) is 83.8 Å². The summed E-state index contributed by atoms with van der Waals surface area (Å²) in [6, 6.07) is 18.6. The first-order chi connectivity index (χ1) is 15.6. The summed E-state index contributed by atoms with van der Waals surface area (Å²) in [6.07, 6.45) is 1.47. The predicted molar refractivity (Wildman–Crippen MR) is 119 cm³/mol. The van der Waals surface area contributed by atoms with E-state index in [1.807, 2.05) is 48.5 Å². The summed E-state index contributed by atoms with van der Waals surface area (Å²) in [7, 11) is 3.15. The molecule has 1 aliphatic heterocycles. The highest BCUT2D eigenvalue weighted by Crippen LogP contribution is 2.42. The smallest absolute Gasteiger partial charge is 0.289 e. The molecule has 1 aromatic heterocycles. The molecule has 7 nitrogen and oxygen atoms in total. The lowest BCUT2D eigenvalue weighted by Gasteiger charge is -2.21. The molecule has 2 amide bonds. The molecule has 0 bridgehead atoms. The maximum absolute atomic E-state index is 13.3. The van der Waals surface area contributed by atoms with Gasteiger partial charge in [0.1, 0.15) is 0 Å². The van der Waals surface area contributed by atoms with Gasteiger partial charge in [-0.2, -0.15) is 0 Å². The number of nitrogens with zero attached hydrogens (tertiary/aromatic N) is 1. The topological polar surface area (TPSA) is 81.0 Å². The van der Waals surface area contributed by atoms with Crippen LogP contribution in [0, 0.1) is 5.92 Å². The Morgan fingerprint density at radius 3 is 2.50 bits per heavy atom. The van der Waals surface area contributed by atoms with Crippen molar-refractivity contribution in [2.24, 2.45) is 5.92 Å². The van der Waals surface area contributed by atoms with Gasteiger partial charge in [0.25, 0.3) is 5.91 Å². The number of hydrogen-bond acceptors (Lipinski definition) is 5. The summed E-state index contributed by atoms with van der Waals surface area (Å²) in [5.74, 6) is 0.371. The zero-order chi connectivity index (χ0) is 22.5. The van der Waals surface area contributed by atoms with E-state index >= 15 is 0 Å². The standard InChI is InChI=1S/C25H26N2O5/c1-30-21-11-6-10-18(23(21)31-2)19-15-27(25(29)22-12-7-13-32-22)16-20(19)24(28)26-14-17-8-4-3-5-9-17/h3-13,19-20H,14-16H2,1-2H3,(H,26,28)/t19-,20+/m0/s1. The van der Waals surface area contributed by atoms with Gasteiger partial charge in [-0.1, -0.05) is 42.5 Å². The van der Waals surface area contributed by atoms with Gasteiger partial charge in [0.2, 0.25) is 5.91 Å². The van der Waals surface area contributed by atoms with Gasteiger partial charge in [-0.3, -0.25) is 9.59 Å². The van der Waals surface area contributed by atoms with Crippen LogP contribution in [0.1, 0.15) is 27.6 Å². The quantitative estimate of drug-likeness (QED) is 0.616. The number of likely N-dealkylation sites (tertiary alicyclic amines) is 1. The van der Waals surface area contributed by atoms with E-state index < -0.39 is 5.92 Å². The van der Waals surface area contributed by atoms with Crippen LogP contribution in [-0.2, 0) is 11.3 Å². The van der Waals surface area contributed by atoms with E-state index in [1.165, 1.54) is 6.26 Å². The SMILES string of the molecule is COc1cccc([C@@H]2CN(C(=O)c3ccco3)C[C@H]2C(=O)NCc2ccccc2)c1OC. The molecule has 4 rings (SSSR count). The van der Waals surface area contributed by atoms with Gasteiger partial charge < -0.3 is 24.1 Å². The van der Waals surface area contributed by atoms with Crippen molar-refractivity contribution in [1.82, 2.24) is 10.2 Å². The second-order valence-corrected chi connectivity index (χ2v) is 7.69. The largest absolute Gasteiger partial charge is 0.493 e. The summed E-state index contributed by atoms with van der Waals surface area (Å²) < 4.78 is 16.4. The van der Waals surface area contributed by atoms with E-state index in [2.05, 4.69) is 5.32 Å². The Labute approximate surface area is 186 Å². The summed E-state index contributed by atoms with van der Waals surface area (Å²) in [5, 5.41) is 3.03. The lowest BCUT2D eigenvalue weighted by molar-refractivity contribution is -0.125. The molecule has 1 saturated heterocycles. The van der Waals surface area contributed by atoms with Crippen molar-refractivity contribution in [3.63, 3.8) is 0 Å². The third-order valence-electron chi connectivity index (χ3n) is 5.82. The van der Waals surface area contributed by atoms with Crippen LogP contribution in [0.4, 0.5) is 0 Å². The van der Waals surface area contributed by atoms with Crippen LogP contribution in [-0.4, -0.2) is 44.0 Å². The number of carbonyl (C=O) groups is 2. The minimum absolute atomic E-state index is 0.113. The van der Waals surface area contributed by atoms with E-state index in [1.54, 1.807) is 31.3 Å². The molecule has 1 fully saturated rings. The minimum atomic E-state index is -0.446.